The molecule has 0 aromatic carbocycles. The lowest BCUT2D eigenvalue weighted by atomic mass is 10.0. The molecule has 0 spiro atoms. The first-order chi connectivity index (χ1) is 7.33. The molecule has 1 unspecified atom stereocenters. The second kappa shape index (κ2) is 7.65. The Morgan fingerprint density at radius 1 is 1.53 bits per heavy atom. The van der Waals surface area contributed by atoms with Crippen molar-refractivity contribution in [3.05, 3.63) is 0 Å². The summed E-state index contributed by atoms with van der Waals surface area (Å²) in [7, 11) is 1.61. The predicted octanol–water partition coefficient (Wildman–Crippen LogP) is 0.529. The first kappa shape index (κ1) is 12.5. The van der Waals surface area contributed by atoms with Crippen molar-refractivity contribution in [1.82, 2.24) is 10.6 Å². The molecule has 0 radical (unpaired) electrons. The number of hydrogen-bond acceptors (Lipinski definition) is 3. The van der Waals surface area contributed by atoms with E-state index in [1.165, 1.54) is 19.3 Å². The number of ether oxygens (including phenoxy) is 1. The van der Waals surface area contributed by atoms with E-state index in [1.54, 1.807) is 7.11 Å². The Kier molecular flexibility index (Phi) is 6.36. The van der Waals surface area contributed by atoms with E-state index in [9.17, 15) is 4.79 Å². The fourth-order valence-corrected chi connectivity index (χ4v) is 1.81. The minimum atomic E-state index is 0.0982. The second-order valence-corrected chi connectivity index (χ2v) is 4.11. The molecule has 1 amide bonds. The van der Waals surface area contributed by atoms with Crippen LogP contribution in [0.5, 0.6) is 0 Å². The average Bonchev–Trinajstić information content (AvgIpc) is 2.51. The predicted molar refractivity (Wildman–Crippen MR) is 59.7 cm³/mol. The molecule has 2 N–H and O–H groups in total. The Morgan fingerprint density at radius 2 is 2.40 bits per heavy atom. The van der Waals surface area contributed by atoms with Crippen LogP contribution in [-0.4, -0.2) is 39.3 Å². The summed E-state index contributed by atoms with van der Waals surface area (Å²) < 4.78 is 4.85. The van der Waals surface area contributed by atoms with E-state index < -0.39 is 0 Å². The van der Waals surface area contributed by atoms with Crippen LogP contribution in [0.1, 0.15) is 25.7 Å². The van der Waals surface area contributed by atoms with Gasteiger partial charge in [-0.25, -0.2) is 0 Å². The van der Waals surface area contributed by atoms with E-state index in [0.717, 1.165) is 19.6 Å². The van der Waals surface area contributed by atoms with Crippen LogP contribution < -0.4 is 10.6 Å². The van der Waals surface area contributed by atoms with Gasteiger partial charge < -0.3 is 15.4 Å². The highest BCUT2D eigenvalue weighted by Gasteiger charge is 2.12. The number of carbonyl (C=O) groups excluding carboxylic acids is 1. The molecule has 1 heterocycles. The molecule has 1 aliphatic rings. The van der Waals surface area contributed by atoms with Crippen LogP contribution in [0.15, 0.2) is 0 Å². The fourth-order valence-electron chi connectivity index (χ4n) is 1.81. The van der Waals surface area contributed by atoms with Crippen molar-refractivity contribution in [2.75, 3.05) is 33.4 Å². The van der Waals surface area contributed by atoms with E-state index in [2.05, 4.69) is 10.6 Å². The number of rotatable bonds is 5. The summed E-state index contributed by atoms with van der Waals surface area (Å²) in [6.45, 7) is 3.46. The minimum Gasteiger partial charge on any atom is -0.384 e. The van der Waals surface area contributed by atoms with Gasteiger partial charge in [0.25, 0.3) is 0 Å². The van der Waals surface area contributed by atoms with Crippen molar-refractivity contribution in [3.8, 4) is 0 Å². The van der Waals surface area contributed by atoms with E-state index in [1.807, 2.05) is 0 Å². The van der Waals surface area contributed by atoms with Gasteiger partial charge in [-0.3, -0.25) is 4.79 Å². The molecule has 88 valence electrons. The number of hydrogen-bond donors (Lipinski definition) is 2. The number of amides is 1. The van der Waals surface area contributed by atoms with Crippen LogP contribution in [-0.2, 0) is 9.53 Å². The van der Waals surface area contributed by atoms with E-state index in [0.29, 0.717) is 18.9 Å². The maximum atomic E-state index is 11.3. The van der Waals surface area contributed by atoms with Crippen molar-refractivity contribution in [1.29, 1.82) is 0 Å². The van der Waals surface area contributed by atoms with Crippen LogP contribution in [0.3, 0.4) is 0 Å². The SMILES string of the molecule is COCCC(=O)NCC1CCCCNC1. The maximum Gasteiger partial charge on any atom is 0.222 e. The quantitative estimate of drug-likeness (QED) is 0.702. The van der Waals surface area contributed by atoms with E-state index in [4.69, 9.17) is 4.74 Å². The molecule has 1 fully saturated rings. The standard InChI is InChI=1S/C11H22N2O2/c1-15-7-5-11(14)13-9-10-4-2-3-6-12-8-10/h10,12H,2-9H2,1H3,(H,13,14). The summed E-state index contributed by atoms with van der Waals surface area (Å²) in [5.41, 5.74) is 0. The summed E-state index contributed by atoms with van der Waals surface area (Å²) in [6.07, 6.45) is 4.22. The molecule has 1 atom stereocenters. The molecule has 0 aromatic rings. The summed E-state index contributed by atoms with van der Waals surface area (Å²) in [5.74, 6) is 0.695. The van der Waals surface area contributed by atoms with Crippen molar-refractivity contribution >= 4 is 5.91 Å². The Morgan fingerprint density at radius 3 is 3.20 bits per heavy atom. The Bertz CT molecular complexity index is 177. The van der Waals surface area contributed by atoms with Gasteiger partial charge >= 0.3 is 0 Å². The van der Waals surface area contributed by atoms with Gasteiger partial charge in [0, 0.05) is 20.1 Å². The zero-order chi connectivity index (χ0) is 10.9. The highest BCUT2D eigenvalue weighted by molar-refractivity contribution is 5.75. The normalized spacial score (nSPS) is 22.1. The van der Waals surface area contributed by atoms with Gasteiger partial charge in [-0.15, -0.1) is 0 Å². The molecular weight excluding hydrogens is 192 g/mol. The summed E-state index contributed by atoms with van der Waals surface area (Å²) in [4.78, 5) is 11.3. The minimum absolute atomic E-state index is 0.0982. The molecule has 0 bridgehead atoms. The highest BCUT2D eigenvalue weighted by atomic mass is 16.5. The molecular formula is C11H22N2O2. The molecule has 15 heavy (non-hydrogen) atoms. The van der Waals surface area contributed by atoms with Crippen molar-refractivity contribution < 1.29 is 9.53 Å². The molecule has 1 rings (SSSR count). The van der Waals surface area contributed by atoms with Crippen LogP contribution in [0.4, 0.5) is 0 Å². The molecule has 0 saturated carbocycles. The first-order valence-electron chi connectivity index (χ1n) is 5.79. The smallest absolute Gasteiger partial charge is 0.222 e. The fraction of sp³-hybridized carbons (Fsp3) is 0.909. The second-order valence-electron chi connectivity index (χ2n) is 4.11. The van der Waals surface area contributed by atoms with Crippen molar-refractivity contribution in [3.63, 3.8) is 0 Å². The lowest BCUT2D eigenvalue weighted by Crippen LogP contribution is -2.33. The third-order valence-electron chi connectivity index (χ3n) is 2.77. The zero-order valence-corrected chi connectivity index (χ0v) is 9.55. The largest absolute Gasteiger partial charge is 0.384 e. The number of carbonyl (C=O) groups is 1. The molecule has 4 heteroatoms. The topological polar surface area (TPSA) is 50.4 Å². The number of nitrogens with one attached hydrogen (secondary N) is 2. The van der Waals surface area contributed by atoms with Gasteiger partial charge in [-0.2, -0.15) is 0 Å². The van der Waals surface area contributed by atoms with E-state index in [-0.39, 0.29) is 5.91 Å². The van der Waals surface area contributed by atoms with Gasteiger partial charge in [0.1, 0.15) is 0 Å². The summed E-state index contributed by atoms with van der Waals surface area (Å²) in [6, 6.07) is 0. The lowest BCUT2D eigenvalue weighted by molar-refractivity contribution is -0.122. The third-order valence-corrected chi connectivity index (χ3v) is 2.77. The van der Waals surface area contributed by atoms with Crippen molar-refractivity contribution in [2.24, 2.45) is 5.92 Å². The third kappa shape index (κ3) is 5.74. The van der Waals surface area contributed by atoms with Gasteiger partial charge in [0.15, 0.2) is 0 Å². The molecule has 0 aliphatic carbocycles. The zero-order valence-electron chi connectivity index (χ0n) is 9.55. The van der Waals surface area contributed by atoms with Crippen LogP contribution in [0, 0.1) is 5.92 Å². The summed E-state index contributed by atoms with van der Waals surface area (Å²) in [5, 5.41) is 6.34. The molecule has 4 nitrogen and oxygen atoms in total. The maximum absolute atomic E-state index is 11.3. The highest BCUT2D eigenvalue weighted by Crippen LogP contribution is 2.09. The Hall–Kier alpha value is -0.610. The van der Waals surface area contributed by atoms with Crippen molar-refractivity contribution in [2.45, 2.75) is 25.7 Å². The average molecular weight is 214 g/mol. The first-order valence-corrected chi connectivity index (χ1v) is 5.79. The molecule has 1 saturated heterocycles. The molecule has 1 aliphatic heterocycles. The van der Waals surface area contributed by atoms with Gasteiger partial charge in [-0.05, 0) is 31.8 Å². The lowest BCUT2D eigenvalue weighted by Gasteiger charge is -2.14. The Balaban J connectivity index is 2.09. The van der Waals surface area contributed by atoms with Crippen LogP contribution in [0.25, 0.3) is 0 Å². The number of methoxy groups -OCH3 is 1. The van der Waals surface area contributed by atoms with Gasteiger partial charge in [-0.1, -0.05) is 6.42 Å². The van der Waals surface area contributed by atoms with Crippen LogP contribution in [0.2, 0.25) is 0 Å². The summed E-state index contributed by atoms with van der Waals surface area (Å²) >= 11 is 0. The monoisotopic (exact) mass is 214 g/mol. The molecule has 0 aromatic heterocycles. The van der Waals surface area contributed by atoms with Gasteiger partial charge in [0.2, 0.25) is 5.91 Å². The van der Waals surface area contributed by atoms with Crippen LogP contribution >= 0.6 is 0 Å². The van der Waals surface area contributed by atoms with E-state index >= 15 is 0 Å². The Labute approximate surface area is 91.8 Å². The van der Waals surface area contributed by atoms with Gasteiger partial charge in [0.05, 0.1) is 6.61 Å².